The summed E-state index contributed by atoms with van der Waals surface area (Å²) in [5, 5.41) is 0. The van der Waals surface area contributed by atoms with E-state index in [9.17, 15) is 0 Å². The molecule has 0 N–H and O–H groups in total. The Bertz CT molecular complexity index is 273. The van der Waals surface area contributed by atoms with Gasteiger partial charge in [-0.05, 0) is 42.4 Å². The van der Waals surface area contributed by atoms with Crippen LogP contribution in [0.2, 0.25) is 0 Å². The zero-order chi connectivity index (χ0) is 13.4. The third-order valence-electron chi connectivity index (χ3n) is 4.03. The third kappa shape index (κ3) is 4.89. The van der Waals surface area contributed by atoms with E-state index in [4.69, 9.17) is 9.47 Å². The molecule has 2 aliphatic rings. The Morgan fingerprint density at radius 3 is 2.00 bits per heavy atom. The van der Waals surface area contributed by atoms with Crippen molar-refractivity contribution in [1.82, 2.24) is 0 Å². The Balaban J connectivity index is 1.74. The van der Waals surface area contributed by atoms with Crippen molar-refractivity contribution in [3.8, 4) is 0 Å². The van der Waals surface area contributed by atoms with Gasteiger partial charge in [-0.15, -0.1) is 0 Å². The lowest BCUT2D eigenvalue weighted by atomic mass is 9.79. The van der Waals surface area contributed by atoms with Crippen LogP contribution in [-0.2, 0) is 9.47 Å². The second-order valence-electron chi connectivity index (χ2n) is 8.35. The molecule has 0 saturated carbocycles. The molecular formula is C16H30O2. The maximum absolute atomic E-state index is 6.01. The van der Waals surface area contributed by atoms with Gasteiger partial charge in [0.25, 0.3) is 0 Å². The highest BCUT2D eigenvalue weighted by atomic mass is 16.6. The Morgan fingerprint density at radius 1 is 0.833 bits per heavy atom. The second-order valence-corrected chi connectivity index (χ2v) is 8.35. The molecule has 3 atom stereocenters. The van der Waals surface area contributed by atoms with E-state index in [2.05, 4.69) is 34.6 Å². The van der Waals surface area contributed by atoms with Gasteiger partial charge in [-0.2, -0.15) is 0 Å². The van der Waals surface area contributed by atoms with Gasteiger partial charge in [0.15, 0.2) is 0 Å². The standard InChI is InChI=1S/C16H30O2/c1-15(2,3)7-12-6-13(17-10-12)8-16(4,5)9-14-11-18-14/h12-14H,6-11H2,1-5H3. The van der Waals surface area contributed by atoms with E-state index >= 15 is 0 Å². The van der Waals surface area contributed by atoms with Gasteiger partial charge in [-0.25, -0.2) is 0 Å². The van der Waals surface area contributed by atoms with Crippen LogP contribution >= 0.6 is 0 Å². The summed E-state index contributed by atoms with van der Waals surface area (Å²) in [6.45, 7) is 13.6. The highest BCUT2D eigenvalue weighted by Crippen LogP contribution is 2.39. The van der Waals surface area contributed by atoms with E-state index in [0.29, 0.717) is 23.0 Å². The largest absolute Gasteiger partial charge is 0.378 e. The first-order valence-corrected chi connectivity index (χ1v) is 7.47. The smallest absolute Gasteiger partial charge is 0.0815 e. The summed E-state index contributed by atoms with van der Waals surface area (Å²) in [6.07, 6.45) is 5.93. The quantitative estimate of drug-likeness (QED) is 0.691. The molecule has 106 valence electrons. The van der Waals surface area contributed by atoms with Crippen molar-refractivity contribution in [1.29, 1.82) is 0 Å². The first kappa shape index (κ1) is 14.3. The van der Waals surface area contributed by atoms with Crippen molar-refractivity contribution >= 4 is 0 Å². The van der Waals surface area contributed by atoms with Crippen LogP contribution < -0.4 is 0 Å². The van der Waals surface area contributed by atoms with Crippen LogP contribution in [-0.4, -0.2) is 25.4 Å². The number of epoxide rings is 1. The molecular weight excluding hydrogens is 224 g/mol. The SMILES string of the molecule is CC(C)(C)CC1COC(CC(C)(C)CC2CO2)C1. The van der Waals surface area contributed by atoms with E-state index in [1.807, 2.05) is 0 Å². The van der Waals surface area contributed by atoms with Crippen LogP contribution in [0.1, 0.15) is 60.3 Å². The molecule has 0 aromatic heterocycles. The topological polar surface area (TPSA) is 21.8 Å². The molecule has 0 amide bonds. The summed E-state index contributed by atoms with van der Waals surface area (Å²) >= 11 is 0. The third-order valence-corrected chi connectivity index (χ3v) is 4.03. The minimum absolute atomic E-state index is 0.364. The van der Waals surface area contributed by atoms with Gasteiger partial charge >= 0.3 is 0 Å². The first-order valence-electron chi connectivity index (χ1n) is 7.47. The van der Waals surface area contributed by atoms with E-state index in [1.54, 1.807) is 0 Å². The van der Waals surface area contributed by atoms with Gasteiger partial charge < -0.3 is 9.47 Å². The van der Waals surface area contributed by atoms with Gasteiger partial charge in [0.1, 0.15) is 0 Å². The minimum atomic E-state index is 0.364. The van der Waals surface area contributed by atoms with Gasteiger partial charge in [0.05, 0.1) is 18.8 Å². The van der Waals surface area contributed by atoms with Crippen LogP contribution in [0.3, 0.4) is 0 Å². The molecule has 2 rings (SSSR count). The van der Waals surface area contributed by atoms with Gasteiger partial charge in [0.2, 0.25) is 0 Å². The highest BCUT2D eigenvalue weighted by Gasteiger charge is 2.36. The summed E-state index contributed by atoms with van der Waals surface area (Å²) in [5.41, 5.74) is 0.794. The fourth-order valence-corrected chi connectivity index (χ4v) is 3.43. The lowest BCUT2D eigenvalue weighted by Gasteiger charge is -2.27. The fourth-order valence-electron chi connectivity index (χ4n) is 3.43. The number of rotatable bonds is 5. The number of ether oxygens (including phenoxy) is 2. The van der Waals surface area contributed by atoms with Crippen LogP contribution in [0.15, 0.2) is 0 Å². The second kappa shape index (κ2) is 5.13. The summed E-state index contributed by atoms with van der Waals surface area (Å²) < 4.78 is 11.4. The number of hydrogen-bond acceptors (Lipinski definition) is 2. The maximum Gasteiger partial charge on any atom is 0.0815 e. The molecule has 2 aliphatic heterocycles. The van der Waals surface area contributed by atoms with Crippen LogP contribution in [0, 0.1) is 16.7 Å². The lowest BCUT2D eigenvalue weighted by molar-refractivity contribution is 0.0632. The van der Waals surface area contributed by atoms with Crippen LogP contribution in [0.5, 0.6) is 0 Å². The zero-order valence-electron chi connectivity index (χ0n) is 12.8. The fraction of sp³-hybridized carbons (Fsp3) is 1.00. The molecule has 2 nitrogen and oxygen atoms in total. The van der Waals surface area contributed by atoms with E-state index in [1.165, 1.54) is 25.7 Å². The zero-order valence-corrected chi connectivity index (χ0v) is 12.8. The Kier molecular flexibility index (Phi) is 4.08. The van der Waals surface area contributed by atoms with Crippen LogP contribution in [0.25, 0.3) is 0 Å². The van der Waals surface area contributed by atoms with Crippen molar-refractivity contribution in [3.05, 3.63) is 0 Å². The first-order chi connectivity index (χ1) is 8.23. The molecule has 0 spiro atoms. The molecule has 18 heavy (non-hydrogen) atoms. The van der Waals surface area contributed by atoms with Gasteiger partial charge in [0, 0.05) is 6.61 Å². The van der Waals surface area contributed by atoms with E-state index < -0.39 is 0 Å². The average Bonchev–Trinajstić information content (AvgIpc) is 2.84. The highest BCUT2D eigenvalue weighted by molar-refractivity contribution is 4.85. The maximum atomic E-state index is 6.01. The lowest BCUT2D eigenvalue weighted by Crippen LogP contribution is -2.22. The Labute approximate surface area is 112 Å². The normalized spacial score (nSPS) is 32.8. The summed E-state index contributed by atoms with van der Waals surface area (Å²) in [4.78, 5) is 0. The molecule has 0 aromatic rings. The predicted octanol–water partition coefficient (Wildman–Crippen LogP) is 4.03. The molecule has 3 unspecified atom stereocenters. The Morgan fingerprint density at radius 2 is 1.44 bits per heavy atom. The average molecular weight is 254 g/mol. The van der Waals surface area contributed by atoms with Gasteiger partial charge in [-0.3, -0.25) is 0 Å². The van der Waals surface area contributed by atoms with Crippen LogP contribution in [0.4, 0.5) is 0 Å². The Hall–Kier alpha value is -0.0800. The molecule has 2 saturated heterocycles. The van der Waals surface area contributed by atoms with Crippen molar-refractivity contribution in [2.45, 2.75) is 72.5 Å². The van der Waals surface area contributed by atoms with Crippen molar-refractivity contribution in [2.75, 3.05) is 13.2 Å². The molecule has 2 heterocycles. The monoisotopic (exact) mass is 254 g/mol. The van der Waals surface area contributed by atoms with Crippen molar-refractivity contribution in [2.24, 2.45) is 16.7 Å². The summed E-state index contributed by atoms with van der Waals surface area (Å²) in [7, 11) is 0. The van der Waals surface area contributed by atoms with Crippen molar-refractivity contribution < 1.29 is 9.47 Å². The van der Waals surface area contributed by atoms with Crippen molar-refractivity contribution in [3.63, 3.8) is 0 Å². The number of hydrogen-bond donors (Lipinski definition) is 0. The predicted molar refractivity (Wildman–Crippen MR) is 74.7 cm³/mol. The van der Waals surface area contributed by atoms with E-state index in [0.717, 1.165) is 19.1 Å². The molecule has 0 aliphatic carbocycles. The molecule has 0 bridgehead atoms. The molecule has 2 heteroatoms. The molecule has 0 radical (unpaired) electrons. The summed E-state index contributed by atoms with van der Waals surface area (Å²) in [5.74, 6) is 0.767. The summed E-state index contributed by atoms with van der Waals surface area (Å²) in [6, 6.07) is 0. The van der Waals surface area contributed by atoms with E-state index in [-0.39, 0.29) is 0 Å². The molecule has 0 aromatic carbocycles. The minimum Gasteiger partial charge on any atom is -0.378 e. The van der Waals surface area contributed by atoms with Gasteiger partial charge in [-0.1, -0.05) is 34.6 Å². The molecule has 2 fully saturated rings.